The zero-order chi connectivity index (χ0) is 22.2. The lowest BCUT2D eigenvalue weighted by atomic mass is 9.82. The molecule has 0 aliphatic carbocycles. The Morgan fingerprint density at radius 3 is 2.21 bits per heavy atom. The van der Waals surface area contributed by atoms with Crippen molar-refractivity contribution < 1.29 is 31.1 Å². The maximum Gasteiger partial charge on any atom is 0.454 e. The number of alkyl halides is 6. The molecule has 1 aromatic carbocycles. The number of hydrogen-bond donors (Lipinski definition) is 1. The van der Waals surface area contributed by atoms with Crippen LogP contribution in [0.25, 0.3) is 0 Å². The lowest BCUT2D eigenvalue weighted by Crippen LogP contribution is -2.37. The van der Waals surface area contributed by atoms with E-state index in [9.17, 15) is 36.4 Å². The first kappa shape index (κ1) is 22.7. The van der Waals surface area contributed by atoms with Crippen LogP contribution in [0.1, 0.15) is 11.1 Å². The van der Waals surface area contributed by atoms with Crippen LogP contribution in [0.5, 0.6) is 0 Å². The third-order valence-electron chi connectivity index (χ3n) is 3.69. The van der Waals surface area contributed by atoms with Crippen LogP contribution >= 0.6 is 23.2 Å². The normalized spacial score (nSPS) is 19.3. The van der Waals surface area contributed by atoms with Crippen molar-refractivity contribution in [2.45, 2.75) is 17.9 Å². The first-order chi connectivity index (χ1) is 13.3. The third kappa shape index (κ3) is 4.09. The number of nitrogens with one attached hydrogen (secondary N) is 1. The molecule has 0 spiro atoms. The molecule has 29 heavy (non-hydrogen) atoms. The molecule has 1 unspecified atom stereocenters. The Morgan fingerprint density at radius 1 is 1.24 bits per heavy atom. The zero-order valence-electron chi connectivity index (χ0n) is 13.9. The molecule has 0 saturated heterocycles. The van der Waals surface area contributed by atoms with E-state index >= 15 is 0 Å². The van der Waals surface area contributed by atoms with E-state index in [1.54, 1.807) is 0 Å². The van der Waals surface area contributed by atoms with Crippen molar-refractivity contribution in [3.63, 3.8) is 0 Å². The molecule has 0 bridgehead atoms. The maximum atomic E-state index is 13.2. The molecule has 1 heterocycles. The second kappa shape index (κ2) is 7.68. The predicted molar refractivity (Wildman–Crippen MR) is 89.9 cm³/mol. The summed E-state index contributed by atoms with van der Waals surface area (Å²) < 4.78 is 78.3. The van der Waals surface area contributed by atoms with E-state index in [4.69, 9.17) is 23.2 Å². The molecule has 0 amide bonds. The van der Waals surface area contributed by atoms with Gasteiger partial charge in [0.15, 0.2) is 5.82 Å². The van der Waals surface area contributed by atoms with Gasteiger partial charge in [0.25, 0.3) is 5.78 Å². The molecule has 1 aliphatic rings. The topological polar surface area (TPSA) is 77.6 Å². The van der Waals surface area contributed by atoms with Crippen LogP contribution in [-0.2, 0) is 16.5 Å². The summed E-state index contributed by atoms with van der Waals surface area (Å²) in [6, 6.07) is 2.11. The summed E-state index contributed by atoms with van der Waals surface area (Å²) in [6.07, 6.45) is -9.10. The summed E-state index contributed by atoms with van der Waals surface area (Å²) in [5.74, 6) is -3.19. The van der Waals surface area contributed by atoms with E-state index in [1.165, 1.54) is 12.1 Å². The van der Waals surface area contributed by atoms with E-state index in [-0.39, 0.29) is 6.54 Å². The highest BCUT2D eigenvalue weighted by molar-refractivity contribution is 6.36. The van der Waals surface area contributed by atoms with E-state index < -0.39 is 56.2 Å². The fourth-order valence-electron chi connectivity index (χ4n) is 2.49. The number of azo groups is 1. The predicted octanol–water partition coefficient (Wildman–Crippen LogP) is 5.32. The first-order valence-electron chi connectivity index (χ1n) is 7.41. The number of nitriles is 1. The Morgan fingerprint density at radius 2 is 1.79 bits per heavy atom. The van der Waals surface area contributed by atoms with Crippen LogP contribution in [0.15, 0.2) is 46.4 Å². The minimum absolute atomic E-state index is 0.154. The van der Waals surface area contributed by atoms with Gasteiger partial charge in [0.2, 0.25) is 5.54 Å². The Labute approximate surface area is 169 Å². The number of carbonyl (C=O) groups excluding carboxylic acids is 1. The zero-order valence-corrected chi connectivity index (χ0v) is 15.4. The molecule has 1 aromatic rings. The van der Waals surface area contributed by atoms with Crippen LogP contribution < -0.4 is 5.32 Å². The third-order valence-corrected chi connectivity index (χ3v) is 4.29. The summed E-state index contributed by atoms with van der Waals surface area (Å²) in [7, 11) is 0. The summed E-state index contributed by atoms with van der Waals surface area (Å²) in [4.78, 5) is 12.1. The fraction of sp³-hybridized carbons (Fsp3) is 0.250. The highest BCUT2D eigenvalue weighted by atomic mass is 35.5. The second-order valence-electron chi connectivity index (χ2n) is 5.55. The standard InChI is InChI=1S/C16H8Cl2F6N4O/c1-2-3-26-13-11(12(29)16(22,23)24)14(6-25,28-27-13)10-8(17)4-7(5-9(10)18)15(19,20)21/h2,4-5,26H,1,3H2. The van der Waals surface area contributed by atoms with Gasteiger partial charge in [-0.2, -0.15) is 36.7 Å². The first-order valence-corrected chi connectivity index (χ1v) is 8.17. The van der Waals surface area contributed by atoms with Crippen molar-refractivity contribution in [1.82, 2.24) is 5.32 Å². The molecular formula is C16H8Cl2F6N4O. The summed E-state index contributed by atoms with van der Waals surface area (Å²) in [5, 5.41) is 17.2. The monoisotopic (exact) mass is 456 g/mol. The quantitative estimate of drug-likeness (QED) is 0.481. The summed E-state index contributed by atoms with van der Waals surface area (Å²) in [6.45, 7) is 3.18. The summed E-state index contributed by atoms with van der Waals surface area (Å²) >= 11 is 11.7. The van der Waals surface area contributed by atoms with Crippen molar-refractivity contribution in [2.75, 3.05) is 6.54 Å². The number of ketones is 1. The molecular weight excluding hydrogens is 449 g/mol. The van der Waals surface area contributed by atoms with E-state index in [2.05, 4.69) is 22.1 Å². The fourth-order valence-corrected chi connectivity index (χ4v) is 3.25. The average Bonchev–Trinajstić information content (AvgIpc) is 2.96. The van der Waals surface area contributed by atoms with E-state index in [0.717, 1.165) is 0 Å². The van der Waals surface area contributed by atoms with Gasteiger partial charge in [-0.1, -0.05) is 29.3 Å². The molecule has 13 heteroatoms. The number of halogens is 8. The summed E-state index contributed by atoms with van der Waals surface area (Å²) in [5.41, 5.74) is -6.12. The molecule has 154 valence electrons. The number of hydrogen-bond acceptors (Lipinski definition) is 5. The van der Waals surface area contributed by atoms with Gasteiger partial charge in [-0.3, -0.25) is 4.79 Å². The highest BCUT2D eigenvalue weighted by Crippen LogP contribution is 2.49. The van der Waals surface area contributed by atoms with Crippen LogP contribution in [0.4, 0.5) is 26.3 Å². The molecule has 5 nitrogen and oxygen atoms in total. The Bertz CT molecular complexity index is 954. The Balaban J connectivity index is 2.82. The molecule has 0 fully saturated rings. The molecule has 1 aliphatic heterocycles. The number of benzene rings is 1. The molecule has 0 radical (unpaired) electrons. The van der Waals surface area contributed by atoms with E-state index in [1.807, 2.05) is 0 Å². The lowest BCUT2D eigenvalue weighted by Gasteiger charge is -2.24. The second-order valence-corrected chi connectivity index (χ2v) is 6.37. The number of carbonyl (C=O) groups is 1. The highest BCUT2D eigenvalue weighted by Gasteiger charge is 2.56. The van der Waals surface area contributed by atoms with Gasteiger partial charge in [-0.05, 0) is 12.1 Å². The number of rotatable bonds is 5. The van der Waals surface area contributed by atoms with Gasteiger partial charge >= 0.3 is 12.4 Å². The van der Waals surface area contributed by atoms with Gasteiger partial charge in [0, 0.05) is 22.2 Å². The van der Waals surface area contributed by atoms with Crippen molar-refractivity contribution in [2.24, 2.45) is 10.2 Å². The van der Waals surface area contributed by atoms with Gasteiger partial charge in [0.1, 0.15) is 6.07 Å². The maximum absolute atomic E-state index is 13.2. The Hall–Kier alpha value is -2.58. The average molecular weight is 457 g/mol. The van der Waals surface area contributed by atoms with Gasteiger partial charge < -0.3 is 5.32 Å². The Kier molecular flexibility index (Phi) is 6.02. The minimum Gasteiger partial charge on any atom is -0.365 e. The molecule has 0 aromatic heterocycles. The SMILES string of the molecule is C=CCNC1=C(C(=O)C(F)(F)F)C(C#N)(c2c(Cl)cc(C(F)(F)F)cc2Cl)N=N1. The molecule has 1 N–H and O–H groups in total. The van der Waals surface area contributed by atoms with Crippen LogP contribution in [0.2, 0.25) is 10.0 Å². The van der Waals surface area contributed by atoms with Crippen LogP contribution in [-0.4, -0.2) is 18.5 Å². The van der Waals surface area contributed by atoms with Gasteiger partial charge in [-0.25, -0.2) is 0 Å². The number of Topliss-reactive ketones (excluding diaryl/α,β-unsaturated/α-hetero) is 1. The van der Waals surface area contributed by atoms with Crippen molar-refractivity contribution in [1.29, 1.82) is 5.26 Å². The van der Waals surface area contributed by atoms with Gasteiger partial charge in [0.05, 0.1) is 11.1 Å². The molecule has 0 saturated carbocycles. The van der Waals surface area contributed by atoms with E-state index in [0.29, 0.717) is 12.1 Å². The smallest absolute Gasteiger partial charge is 0.365 e. The van der Waals surface area contributed by atoms with Crippen molar-refractivity contribution in [3.05, 3.63) is 57.4 Å². The molecule has 2 rings (SSSR count). The molecule has 1 atom stereocenters. The van der Waals surface area contributed by atoms with Crippen LogP contribution in [0, 0.1) is 11.3 Å². The van der Waals surface area contributed by atoms with Crippen LogP contribution in [0.3, 0.4) is 0 Å². The van der Waals surface area contributed by atoms with Crippen molar-refractivity contribution >= 4 is 29.0 Å². The van der Waals surface area contributed by atoms with Gasteiger partial charge in [-0.15, -0.1) is 11.7 Å². The minimum atomic E-state index is -5.45. The van der Waals surface area contributed by atoms with Crippen molar-refractivity contribution in [3.8, 4) is 6.07 Å². The number of nitrogens with zero attached hydrogens (tertiary/aromatic N) is 3. The largest absolute Gasteiger partial charge is 0.454 e. The lowest BCUT2D eigenvalue weighted by molar-refractivity contribution is -0.167.